The number of aliphatic hydroxyl groups is 3. The van der Waals surface area contributed by atoms with Crippen molar-refractivity contribution in [2.24, 2.45) is 0 Å². The first-order valence-electron chi connectivity index (χ1n) is 7.42. The Bertz CT molecular complexity index is 645. The molecule has 3 N–H and O–H groups in total. The van der Waals surface area contributed by atoms with E-state index in [0.717, 1.165) is 24.1 Å². The third-order valence-electron chi connectivity index (χ3n) is 5.08. The van der Waals surface area contributed by atoms with E-state index in [-0.39, 0.29) is 12.1 Å². The zero-order valence-corrected chi connectivity index (χ0v) is 13.1. The van der Waals surface area contributed by atoms with Crippen molar-refractivity contribution in [3.63, 3.8) is 0 Å². The van der Waals surface area contributed by atoms with Crippen LogP contribution in [0.4, 0.5) is 5.69 Å². The van der Waals surface area contributed by atoms with Crippen molar-refractivity contribution in [1.29, 1.82) is 5.26 Å². The molecule has 6 heteroatoms. The Kier molecular flexibility index (Phi) is 3.82. The number of anilines is 1. The molecule has 22 heavy (non-hydrogen) atoms. The molecule has 118 valence electrons. The molecule has 2 heterocycles. The van der Waals surface area contributed by atoms with Gasteiger partial charge in [-0.05, 0) is 37.5 Å². The first-order valence-corrected chi connectivity index (χ1v) is 7.79. The fourth-order valence-corrected chi connectivity index (χ4v) is 4.09. The van der Waals surface area contributed by atoms with Crippen LogP contribution in [0.1, 0.15) is 30.4 Å². The molecular formula is C16H19ClN2O3. The van der Waals surface area contributed by atoms with E-state index >= 15 is 0 Å². The molecule has 1 unspecified atom stereocenters. The molecule has 0 amide bonds. The lowest BCUT2D eigenvalue weighted by atomic mass is 9.83. The summed E-state index contributed by atoms with van der Waals surface area (Å²) in [4.78, 5) is 2.09. The van der Waals surface area contributed by atoms with E-state index in [0.29, 0.717) is 17.0 Å². The molecule has 1 aromatic carbocycles. The van der Waals surface area contributed by atoms with E-state index in [9.17, 15) is 15.3 Å². The van der Waals surface area contributed by atoms with Gasteiger partial charge in [0.2, 0.25) is 0 Å². The maximum atomic E-state index is 10.5. The SMILES string of the molecule is Cc1c(N2[C@@H]3CC[C@H]2C(O)[C@](O)(CO)C3)ccc(C#N)c1Cl. The molecule has 3 rings (SSSR count). The molecule has 0 radical (unpaired) electrons. The molecule has 0 spiro atoms. The summed E-state index contributed by atoms with van der Waals surface area (Å²) in [5, 5.41) is 39.8. The van der Waals surface area contributed by atoms with E-state index in [1.165, 1.54) is 0 Å². The van der Waals surface area contributed by atoms with Gasteiger partial charge in [0.1, 0.15) is 17.8 Å². The monoisotopic (exact) mass is 322 g/mol. The third kappa shape index (κ3) is 2.10. The average Bonchev–Trinajstić information content (AvgIpc) is 2.86. The highest BCUT2D eigenvalue weighted by atomic mass is 35.5. The summed E-state index contributed by atoms with van der Waals surface area (Å²) in [5.74, 6) is 0. The zero-order valence-electron chi connectivity index (χ0n) is 12.3. The second-order valence-electron chi connectivity index (χ2n) is 6.30. The first-order chi connectivity index (χ1) is 10.4. The minimum Gasteiger partial charge on any atom is -0.393 e. The molecule has 2 aliphatic rings. The van der Waals surface area contributed by atoms with Gasteiger partial charge in [0.25, 0.3) is 0 Å². The van der Waals surface area contributed by atoms with Crippen LogP contribution in [0.3, 0.4) is 0 Å². The van der Waals surface area contributed by atoms with Crippen molar-refractivity contribution in [2.75, 3.05) is 11.5 Å². The Morgan fingerprint density at radius 3 is 2.82 bits per heavy atom. The number of nitriles is 1. The average molecular weight is 323 g/mol. The van der Waals surface area contributed by atoms with Gasteiger partial charge in [-0.2, -0.15) is 5.26 Å². The highest BCUT2D eigenvalue weighted by Crippen LogP contribution is 2.45. The summed E-state index contributed by atoms with van der Waals surface area (Å²) in [6.45, 7) is 1.42. The molecule has 2 fully saturated rings. The molecule has 2 bridgehead atoms. The Morgan fingerprint density at radius 1 is 1.45 bits per heavy atom. The van der Waals surface area contributed by atoms with Crippen LogP contribution in [0, 0.1) is 18.3 Å². The van der Waals surface area contributed by atoms with E-state index < -0.39 is 18.3 Å². The number of hydrogen-bond donors (Lipinski definition) is 3. The van der Waals surface area contributed by atoms with Gasteiger partial charge in [-0.1, -0.05) is 11.6 Å². The van der Waals surface area contributed by atoms with Gasteiger partial charge in [-0.3, -0.25) is 0 Å². The summed E-state index contributed by atoms with van der Waals surface area (Å²) in [7, 11) is 0. The maximum Gasteiger partial charge on any atom is 0.117 e. The van der Waals surface area contributed by atoms with Gasteiger partial charge in [-0.15, -0.1) is 0 Å². The Hall–Kier alpha value is -1.32. The van der Waals surface area contributed by atoms with Gasteiger partial charge >= 0.3 is 0 Å². The van der Waals surface area contributed by atoms with Crippen LogP contribution in [-0.2, 0) is 0 Å². The predicted octanol–water partition coefficient (Wildman–Crippen LogP) is 1.35. The number of fused-ring (bicyclic) bond motifs is 2. The van der Waals surface area contributed by atoms with Gasteiger partial charge in [0, 0.05) is 18.2 Å². The van der Waals surface area contributed by atoms with Crippen molar-refractivity contribution in [3.05, 3.63) is 28.3 Å². The van der Waals surface area contributed by atoms with Crippen LogP contribution in [-0.4, -0.2) is 45.7 Å². The summed E-state index contributed by atoms with van der Waals surface area (Å²) in [5.41, 5.74) is 0.682. The smallest absolute Gasteiger partial charge is 0.117 e. The minimum atomic E-state index is -1.44. The highest BCUT2D eigenvalue weighted by Gasteiger charge is 2.54. The normalized spacial score (nSPS) is 33.8. The van der Waals surface area contributed by atoms with E-state index in [1.807, 2.05) is 13.0 Å². The largest absolute Gasteiger partial charge is 0.393 e. The Morgan fingerprint density at radius 2 is 2.18 bits per heavy atom. The molecule has 4 atom stereocenters. The number of piperidine rings is 1. The van der Waals surface area contributed by atoms with E-state index in [2.05, 4.69) is 11.0 Å². The van der Waals surface area contributed by atoms with E-state index in [1.54, 1.807) is 6.07 Å². The topological polar surface area (TPSA) is 87.7 Å². The summed E-state index contributed by atoms with van der Waals surface area (Å²) >= 11 is 6.25. The molecule has 0 aromatic heterocycles. The number of hydrogen-bond acceptors (Lipinski definition) is 5. The molecule has 2 saturated heterocycles. The van der Waals surface area contributed by atoms with Crippen molar-refractivity contribution >= 4 is 17.3 Å². The fourth-order valence-electron chi connectivity index (χ4n) is 3.88. The molecular weight excluding hydrogens is 304 g/mol. The van der Waals surface area contributed by atoms with Crippen LogP contribution < -0.4 is 4.90 Å². The number of rotatable bonds is 2. The van der Waals surface area contributed by atoms with Crippen molar-refractivity contribution < 1.29 is 15.3 Å². The fraction of sp³-hybridized carbons (Fsp3) is 0.562. The van der Waals surface area contributed by atoms with Crippen molar-refractivity contribution in [1.82, 2.24) is 0 Å². The van der Waals surface area contributed by atoms with Crippen molar-refractivity contribution in [3.8, 4) is 6.07 Å². The van der Waals surface area contributed by atoms with Crippen LogP contribution >= 0.6 is 11.6 Å². The number of aliphatic hydroxyl groups excluding tert-OH is 2. The van der Waals surface area contributed by atoms with E-state index in [4.69, 9.17) is 16.9 Å². The van der Waals surface area contributed by atoms with Crippen LogP contribution in [0.5, 0.6) is 0 Å². The molecule has 0 aliphatic carbocycles. The lowest BCUT2D eigenvalue weighted by Gasteiger charge is -2.48. The Labute approximate surface area is 134 Å². The minimum absolute atomic E-state index is 0.0493. The standard InChI is InChI=1S/C16H19ClN2O3/c1-9-12(4-2-10(7-18)14(9)17)19-11-3-5-13(19)15(21)16(22,6-11)8-20/h2,4,11,13,15,20-22H,3,5-6,8H2,1H3/t11-,13+,15?,16-/m1/s1. The summed E-state index contributed by atoms with van der Waals surface area (Å²) in [6, 6.07) is 5.39. The van der Waals surface area contributed by atoms with Crippen LogP contribution in [0.25, 0.3) is 0 Å². The third-order valence-corrected chi connectivity index (χ3v) is 5.57. The highest BCUT2D eigenvalue weighted by molar-refractivity contribution is 6.32. The zero-order chi connectivity index (χ0) is 16.1. The van der Waals surface area contributed by atoms with Crippen LogP contribution in [0.2, 0.25) is 5.02 Å². The number of nitrogens with zero attached hydrogens (tertiary/aromatic N) is 2. The summed E-state index contributed by atoms with van der Waals surface area (Å²) < 4.78 is 0. The molecule has 2 aliphatic heterocycles. The first kappa shape index (κ1) is 15.6. The van der Waals surface area contributed by atoms with Gasteiger partial charge in [0.15, 0.2) is 0 Å². The lowest BCUT2D eigenvalue weighted by molar-refractivity contribution is -0.128. The van der Waals surface area contributed by atoms with Gasteiger partial charge in [-0.25, -0.2) is 0 Å². The van der Waals surface area contributed by atoms with Gasteiger partial charge < -0.3 is 20.2 Å². The molecule has 5 nitrogen and oxygen atoms in total. The maximum absolute atomic E-state index is 10.5. The second-order valence-corrected chi connectivity index (χ2v) is 6.68. The molecule has 1 aromatic rings. The van der Waals surface area contributed by atoms with Crippen LogP contribution in [0.15, 0.2) is 12.1 Å². The lowest BCUT2D eigenvalue weighted by Crippen LogP contribution is -2.63. The predicted molar refractivity (Wildman–Crippen MR) is 82.9 cm³/mol. The van der Waals surface area contributed by atoms with Crippen molar-refractivity contribution in [2.45, 2.75) is 50.0 Å². The quantitative estimate of drug-likeness (QED) is 0.765. The number of halogens is 1. The van der Waals surface area contributed by atoms with Gasteiger partial charge in [0.05, 0.1) is 23.2 Å². The molecule has 0 saturated carbocycles. The Balaban J connectivity index is 2.02. The number of benzene rings is 1. The second kappa shape index (κ2) is 5.39. The summed E-state index contributed by atoms with van der Waals surface area (Å²) in [6.07, 6.45) is 0.912.